The van der Waals surface area contributed by atoms with E-state index in [2.05, 4.69) is 66.9 Å². The van der Waals surface area contributed by atoms with Crippen LogP contribution in [0.3, 0.4) is 0 Å². The number of morpholine rings is 1. The zero-order valence-electron chi connectivity index (χ0n) is 16.4. The summed E-state index contributed by atoms with van der Waals surface area (Å²) in [6.45, 7) is 11.8. The number of nitrogens with one attached hydrogen (secondary N) is 1. The maximum Gasteiger partial charge on any atom is 0.221 e. The van der Waals surface area contributed by atoms with E-state index in [0.717, 1.165) is 13.1 Å². The van der Waals surface area contributed by atoms with Gasteiger partial charge in [-0.15, -0.1) is 0 Å². The fraction of sp³-hybridized carbons (Fsp3) is 0.571. The van der Waals surface area contributed by atoms with Gasteiger partial charge in [0.2, 0.25) is 5.91 Å². The number of hydrogen-bond acceptors (Lipinski definition) is 3. The Morgan fingerprint density at radius 1 is 1.19 bits per heavy atom. The molecule has 1 N–H and O–H groups in total. The molecule has 3 rings (SSSR count). The molecular formula is C21H31N3O2. The molecule has 2 unspecified atom stereocenters. The molecule has 2 atom stereocenters. The summed E-state index contributed by atoms with van der Waals surface area (Å²) in [7, 11) is 0. The molecule has 5 nitrogen and oxygen atoms in total. The van der Waals surface area contributed by atoms with E-state index in [4.69, 9.17) is 4.74 Å². The van der Waals surface area contributed by atoms with Crippen LogP contribution in [-0.4, -0.2) is 52.8 Å². The fourth-order valence-electron chi connectivity index (χ4n) is 3.74. The number of amides is 1. The van der Waals surface area contributed by atoms with Gasteiger partial charge in [-0.2, -0.15) is 0 Å². The normalized spacial score (nSPS) is 21.8. The molecule has 142 valence electrons. The number of benzene rings is 1. The van der Waals surface area contributed by atoms with Crippen molar-refractivity contribution < 1.29 is 9.53 Å². The second kappa shape index (κ2) is 7.80. The molecule has 5 heteroatoms. The van der Waals surface area contributed by atoms with Gasteiger partial charge < -0.3 is 14.6 Å². The molecule has 1 aromatic heterocycles. The molecular weight excluding hydrogens is 326 g/mol. The quantitative estimate of drug-likeness (QED) is 0.864. The summed E-state index contributed by atoms with van der Waals surface area (Å²) in [5, 5.41) is 4.34. The molecule has 1 amide bonds. The molecule has 0 radical (unpaired) electrons. The van der Waals surface area contributed by atoms with Gasteiger partial charge in [0.25, 0.3) is 0 Å². The van der Waals surface area contributed by atoms with E-state index >= 15 is 0 Å². The van der Waals surface area contributed by atoms with Crippen LogP contribution in [0.4, 0.5) is 0 Å². The maximum absolute atomic E-state index is 12.4. The Morgan fingerprint density at radius 3 is 2.62 bits per heavy atom. The SMILES string of the molecule is CC1CN(C(C)(C)CNC(=O)CCn2ccc3ccccc32)CC(C)O1. The Balaban J connectivity index is 1.50. The van der Waals surface area contributed by atoms with Crippen molar-refractivity contribution in [3.05, 3.63) is 36.5 Å². The second-order valence-electron chi connectivity index (χ2n) is 8.07. The summed E-state index contributed by atoms with van der Waals surface area (Å²) in [4.78, 5) is 14.8. The predicted octanol–water partition coefficient (Wildman–Crippen LogP) is 3.04. The van der Waals surface area contributed by atoms with Gasteiger partial charge >= 0.3 is 0 Å². The molecule has 2 aromatic rings. The zero-order chi connectivity index (χ0) is 18.7. The highest BCUT2D eigenvalue weighted by Crippen LogP contribution is 2.21. The molecule has 26 heavy (non-hydrogen) atoms. The van der Waals surface area contributed by atoms with Crippen LogP contribution in [0.2, 0.25) is 0 Å². The number of aromatic nitrogens is 1. The molecule has 0 spiro atoms. The van der Waals surface area contributed by atoms with E-state index < -0.39 is 0 Å². The Kier molecular flexibility index (Phi) is 5.68. The molecule has 1 fully saturated rings. The summed E-state index contributed by atoms with van der Waals surface area (Å²) in [6.07, 6.45) is 3.01. The highest BCUT2D eigenvalue weighted by atomic mass is 16.5. The van der Waals surface area contributed by atoms with E-state index in [1.54, 1.807) is 0 Å². The Labute approximate surface area is 156 Å². The van der Waals surface area contributed by atoms with Crippen molar-refractivity contribution >= 4 is 16.8 Å². The smallest absolute Gasteiger partial charge is 0.221 e. The van der Waals surface area contributed by atoms with Gasteiger partial charge in [-0.25, -0.2) is 0 Å². The topological polar surface area (TPSA) is 46.5 Å². The van der Waals surface area contributed by atoms with Crippen LogP contribution >= 0.6 is 0 Å². The zero-order valence-corrected chi connectivity index (χ0v) is 16.4. The van der Waals surface area contributed by atoms with Crippen molar-refractivity contribution in [1.29, 1.82) is 0 Å². The lowest BCUT2D eigenvalue weighted by Gasteiger charge is -2.45. The molecule has 1 saturated heterocycles. The first-order chi connectivity index (χ1) is 12.3. The first-order valence-electron chi connectivity index (χ1n) is 9.56. The Bertz CT molecular complexity index is 743. The largest absolute Gasteiger partial charge is 0.373 e. The van der Waals surface area contributed by atoms with Crippen LogP contribution in [0.15, 0.2) is 36.5 Å². The van der Waals surface area contributed by atoms with E-state index in [9.17, 15) is 4.79 Å². The highest BCUT2D eigenvalue weighted by Gasteiger charge is 2.33. The van der Waals surface area contributed by atoms with E-state index in [-0.39, 0.29) is 23.7 Å². The minimum absolute atomic E-state index is 0.0812. The minimum atomic E-state index is -0.0812. The Morgan fingerprint density at radius 2 is 1.88 bits per heavy atom. The molecule has 2 heterocycles. The van der Waals surface area contributed by atoms with Crippen molar-refractivity contribution in [2.75, 3.05) is 19.6 Å². The average molecular weight is 357 g/mol. The first kappa shape index (κ1) is 18.9. The summed E-state index contributed by atoms with van der Waals surface area (Å²) in [5.74, 6) is 0.102. The van der Waals surface area contributed by atoms with Gasteiger partial charge in [0, 0.05) is 49.9 Å². The molecule has 1 aromatic carbocycles. The number of hydrogen-bond donors (Lipinski definition) is 1. The molecule has 0 bridgehead atoms. The number of carbonyl (C=O) groups is 1. The monoisotopic (exact) mass is 357 g/mol. The van der Waals surface area contributed by atoms with Crippen molar-refractivity contribution in [2.45, 2.75) is 58.4 Å². The molecule has 1 aliphatic heterocycles. The number of ether oxygens (including phenoxy) is 1. The van der Waals surface area contributed by atoms with Crippen molar-refractivity contribution in [3.63, 3.8) is 0 Å². The van der Waals surface area contributed by atoms with Crippen molar-refractivity contribution in [1.82, 2.24) is 14.8 Å². The summed E-state index contributed by atoms with van der Waals surface area (Å²) < 4.78 is 7.96. The second-order valence-corrected chi connectivity index (χ2v) is 8.07. The number of para-hydroxylation sites is 1. The number of nitrogens with zero attached hydrogens (tertiary/aromatic N) is 2. The van der Waals surface area contributed by atoms with Gasteiger partial charge in [0.15, 0.2) is 0 Å². The van der Waals surface area contributed by atoms with E-state index in [0.29, 0.717) is 19.5 Å². The first-order valence-corrected chi connectivity index (χ1v) is 9.56. The van der Waals surface area contributed by atoms with Crippen LogP contribution in [-0.2, 0) is 16.1 Å². The summed E-state index contributed by atoms with van der Waals surface area (Å²) >= 11 is 0. The summed E-state index contributed by atoms with van der Waals surface area (Å²) in [5.41, 5.74) is 1.10. The van der Waals surface area contributed by atoms with Crippen molar-refractivity contribution in [2.24, 2.45) is 0 Å². The van der Waals surface area contributed by atoms with E-state index in [1.807, 2.05) is 12.1 Å². The molecule has 1 aliphatic rings. The average Bonchev–Trinajstić information content (AvgIpc) is 3.00. The summed E-state index contributed by atoms with van der Waals surface area (Å²) in [6, 6.07) is 10.4. The van der Waals surface area contributed by atoms with Gasteiger partial charge in [0.1, 0.15) is 0 Å². The molecule has 0 aliphatic carbocycles. The van der Waals surface area contributed by atoms with Crippen LogP contribution in [0.1, 0.15) is 34.1 Å². The van der Waals surface area contributed by atoms with Crippen LogP contribution in [0, 0.1) is 0 Å². The lowest BCUT2D eigenvalue weighted by molar-refractivity contribution is -0.123. The predicted molar refractivity (Wildman–Crippen MR) is 105 cm³/mol. The maximum atomic E-state index is 12.4. The number of aryl methyl sites for hydroxylation is 1. The lowest BCUT2D eigenvalue weighted by Crippen LogP contribution is -2.58. The van der Waals surface area contributed by atoms with E-state index in [1.165, 1.54) is 10.9 Å². The standard InChI is InChI=1S/C21H31N3O2/c1-16-13-24(14-17(2)26-16)21(3,4)15-22-20(25)10-12-23-11-9-18-7-5-6-8-19(18)23/h5-9,11,16-17H,10,12-15H2,1-4H3,(H,22,25). The third kappa shape index (κ3) is 4.46. The van der Waals surface area contributed by atoms with Crippen molar-refractivity contribution in [3.8, 4) is 0 Å². The number of carbonyl (C=O) groups excluding carboxylic acids is 1. The van der Waals surface area contributed by atoms with Gasteiger partial charge in [0.05, 0.1) is 12.2 Å². The van der Waals surface area contributed by atoms with Crippen LogP contribution in [0.25, 0.3) is 10.9 Å². The third-order valence-corrected chi connectivity index (χ3v) is 5.25. The number of rotatable bonds is 6. The van der Waals surface area contributed by atoms with Gasteiger partial charge in [-0.3, -0.25) is 9.69 Å². The third-order valence-electron chi connectivity index (χ3n) is 5.25. The highest BCUT2D eigenvalue weighted by molar-refractivity contribution is 5.80. The van der Waals surface area contributed by atoms with Crippen LogP contribution in [0.5, 0.6) is 0 Å². The van der Waals surface area contributed by atoms with Crippen LogP contribution < -0.4 is 5.32 Å². The molecule has 0 saturated carbocycles. The van der Waals surface area contributed by atoms with Gasteiger partial charge in [-0.05, 0) is 45.2 Å². The lowest BCUT2D eigenvalue weighted by atomic mass is 10.00. The Hall–Kier alpha value is -1.85. The minimum Gasteiger partial charge on any atom is -0.373 e. The number of fused-ring (bicyclic) bond motifs is 1. The van der Waals surface area contributed by atoms with Gasteiger partial charge in [-0.1, -0.05) is 18.2 Å². The fourth-order valence-corrected chi connectivity index (χ4v) is 3.74.